The van der Waals surface area contributed by atoms with Gasteiger partial charge in [0.05, 0.1) is 16.3 Å². The van der Waals surface area contributed by atoms with Crippen LogP contribution in [0.25, 0.3) is 11.0 Å². The van der Waals surface area contributed by atoms with E-state index in [1.165, 1.54) is 54.5 Å². The molecule has 0 aliphatic carbocycles. The molecule has 0 aliphatic rings. The predicted octanol–water partition coefficient (Wildman–Crippen LogP) is 8.28. The molecule has 4 rings (SSSR count). The zero-order chi connectivity index (χ0) is 21.3. The molecule has 4 aromatic rings. The van der Waals surface area contributed by atoms with Crippen molar-refractivity contribution in [1.82, 2.24) is 9.55 Å². The molecule has 0 saturated carbocycles. The van der Waals surface area contributed by atoms with Crippen molar-refractivity contribution >= 4 is 22.8 Å². The molecule has 31 heavy (non-hydrogen) atoms. The number of imidazole rings is 1. The van der Waals surface area contributed by atoms with Crippen LogP contribution in [-0.2, 0) is 6.54 Å². The molecule has 0 aliphatic heterocycles. The highest BCUT2D eigenvalue weighted by Gasteiger charge is 2.23. The van der Waals surface area contributed by atoms with Crippen LogP contribution in [0.1, 0.15) is 62.1 Å². The minimum atomic E-state index is 0.163. The molecule has 2 nitrogen and oxygen atoms in total. The second-order valence-electron chi connectivity index (χ2n) is 8.10. The van der Waals surface area contributed by atoms with Gasteiger partial charge < -0.3 is 4.57 Å². The van der Waals surface area contributed by atoms with E-state index in [-0.39, 0.29) is 5.25 Å². The summed E-state index contributed by atoms with van der Waals surface area (Å²) in [6.45, 7) is 3.30. The van der Waals surface area contributed by atoms with Gasteiger partial charge >= 0.3 is 0 Å². The van der Waals surface area contributed by atoms with Gasteiger partial charge in [-0.1, -0.05) is 99.7 Å². The Labute approximate surface area is 190 Å². The quantitative estimate of drug-likeness (QED) is 0.177. The first kappa shape index (κ1) is 21.7. The molecule has 0 bridgehead atoms. The summed E-state index contributed by atoms with van der Waals surface area (Å²) in [6, 6.07) is 30.1. The van der Waals surface area contributed by atoms with E-state index in [0.717, 1.165) is 17.9 Å². The third-order valence-corrected chi connectivity index (χ3v) is 7.02. The highest BCUT2D eigenvalue weighted by Crippen LogP contribution is 2.41. The molecule has 1 aromatic heterocycles. The average Bonchev–Trinajstić information content (AvgIpc) is 3.19. The molecular formula is C28H32N2S. The molecular weight excluding hydrogens is 396 g/mol. The first-order valence-electron chi connectivity index (χ1n) is 11.6. The smallest absolute Gasteiger partial charge is 0.127 e. The van der Waals surface area contributed by atoms with Gasteiger partial charge in [-0.15, -0.1) is 11.8 Å². The van der Waals surface area contributed by atoms with Crippen molar-refractivity contribution < 1.29 is 0 Å². The third kappa shape index (κ3) is 5.59. The Morgan fingerprint density at radius 1 is 0.742 bits per heavy atom. The molecule has 0 N–H and O–H groups in total. The fourth-order valence-corrected chi connectivity index (χ4v) is 5.28. The van der Waals surface area contributed by atoms with E-state index in [1.807, 2.05) is 11.8 Å². The molecule has 0 fully saturated rings. The third-order valence-electron chi connectivity index (χ3n) is 5.75. The summed E-state index contributed by atoms with van der Waals surface area (Å²) in [5, 5.41) is 0.163. The van der Waals surface area contributed by atoms with Crippen molar-refractivity contribution in [2.75, 3.05) is 0 Å². The maximum Gasteiger partial charge on any atom is 0.127 e. The number of hydrogen-bond acceptors (Lipinski definition) is 2. The van der Waals surface area contributed by atoms with Crippen molar-refractivity contribution in [3.05, 3.63) is 96.3 Å². The van der Waals surface area contributed by atoms with Crippen LogP contribution in [0, 0.1) is 0 Å². The molecule has 1 heterocycles. The topological polar surface area (TPSA) is 17.8 Å². The van der Waals surface area contributed by atoms with E-state index in [0.29, 0.717) is 0 Å². The van der Waals surface area contributed by atoms with Gasteiger partial charge in [-0.05, 0) is 36.2 Å². The molecule has 1 atom stereocenters. The summed E-state index contributed by atoms with van der Waals surface area (Å²) in [5.41, 5.74) is 3.65. The lowest BCUT2D eigenvalue weighted by Crippen LogP contribution is -2.09. The lowest BCUT2D eigenvalue weighted by molar-refractivity contribution is 0.555. The van der Waals surface area contributed by atoms with Gasteiger partial charge in [-0.3, -0.25) is 0 Å². The molecule has 160 valence electrons. The van der Waals surface area contributed by atoms with Crippen LogP contribution in [0.4, 0.5) is 0 Å². The van der Waals surface area contributed by atoms with Crippen molar-refractivity contribution in [3.63, 3.8) is 0 Å². The normalized spacial score (nSPS) is 12.3. The second kappa shape index (κ2) is 11.2. The van der Waals surface area contributed by atoms with Gasteiger partial charge in [-0.25, -0.2) is 4.98 Å². The van der Waals surface area contributed by atoms with Crippen LogP contribution in [0.3, 0.4) is 0 Å². The molecule has 0 amide bonds. The van der Waals surface area contributed by atoms with Gasteiger partial charge in [-0.2, -0.15) is 0 Å². The largest absolute Gasteiger partial charge is 0.327 e. The molecule has 0 saturated heterocycles. The van der Waals surface area contributed by atoms with Crippen LogP contribution in [0.15, 0.2) is 89.8 Å². The van der Waals surface area contributed by atoms with Crippen LogP contribution < -0.4 is 0 Å². The Morgan fingerprint density at radius 2 is 1.39 bits per heavy atom. The molecule has 1 unspecified atom stereocenters. The summed E-state index contributed by atoms with van der Waals surface area (Å²) < 4.78 is 2.47. The maximum atomic E-state index is 5.16. The Kier molecular flexibility index (Phi) is 7.84. The van der Waals surface area contributed by atoms with Gasteiger partial charge in [0.25, 0.3) is 0 Å². The van der Waals surface area contributed by atoms with Gasteiger partial charge in [0.15, 0.2) is 0 Å². The SMILES string of the molecule is CCCCCCCCn1c(C(Sc2ccccc2)c2ccccc2)nc2ccccc21. The summed E-state index contributed by atoms with van der Waals surface area (Å²) in [6.07, 6.45) is 7.82. The number of hydrogen-bond donors (Lipinski definition) is 0. The molecule has 0 spiro atoms. The number of nitrogens with zero attached hydrogens (tertiary/aromatic N) is 2. The number of para-hydroxylation sites is 2. The summed E-state index contributed by atoms with van der Waals surface area (Å²) in [5.74, 6) is 1.16. The highest BCUT2D eigenvalue weighted by atomic mass is 32.2. The highest BCUT2D eigenvalue weighted by molar-refractivity contribution is 7.99. The Hall–Kier alpha value is -2.52. The van der Waals surface area contributed by atoms with Gasteiger partial charge in [0.2, 0.25) is 0 Å². The van der Waals surface area contributed by atoms with E-state index in [9.17, 15) is 0 Å². The van der Waals surface area contributed by atoms with Crippen molar-refractivity contribution in [2.45, 2.75) is 62.1 Å². The maximum absolute atomic E-state index is 5.16. The fourth-order valence-electron chi connectivity index (χ4n) is 4.11. The van der Waals surface area contributed by atoms with E-state index in [1.54, 1.807) is 0 Å². The molecule has 0 radical (unpaired) electrons. The summed E-state index contributed by atoms with van der Waals surface area (Å²) in [4.78, 5) is 6.43. The predicted molar refractivity (Wildman–Crippen MR) is 134 cm³/mol. The number of aryl methyl sites for hydroxylation is 1. The van der Waals surface area contributed by atoms with E-state index < -0.39 is 0 Å². The van der Waals surface area contributed by atoms with E-state index >= 15 is 0 Å². The lowest BCUT2D eigenvalue weighted by Gasteiger charge is -2.19. The molecule has 3 aromatic carbocycles. The monoisotopic (exact) mass is 428 g/mol. The van der Waals surface area contributed by atoms with E-state index in [2.05, 4.69) is 96.4 Å². The number of aromatic nitrogens is 2. The average molecular weight is 429 g/mol. The summed E-state index contributed by atoms with van der Waals surface area (Å²) >= 11 is 1.89. The van der Waals surface area contributed by atoms with Gasteiger partial charge in [0, 0.05) is 11.4 Å². The zero-order valence-corrected chi connectivity index (χ0v) is 19.2. The lowest BCUT2D eigenvalue weighted by atomic mass is 10.1. The zero-order valence-electron chi connectivity index (χ0n) is 18.4. The van der Waals surface area contributed by atoms with Crippen LogP contribution in [-0.4, -0.2) is 9.55 Å². The van der Waals surface area contributed by atoms with Crippen LogP contribution >= 0.6 is 11.8 Å². The summed E-state index contributed by atoms with van der Waals surface area (Å²) in [7, 11) is 0. The van der Waals surface area contributed by atoms with Crippen LogP contribution in [0.2, 0.25) is 0 Å². The first-order chi connectivity index (χ1) is 15.4. The second-order valence-corrected chi connectivity index (χ2v) is 9.28. The number of unbranched alkanes of at least 4 members (excludes halogenated alkanes) is 5. The van der Waals surface area contributed by atoms with Crippen molar-refractivity contribution in [2.24, 2.45) is 0 Å². The standard InChI is InChI=1S/C28H32N2S/c1-2-3-4-5-6-15-22-30-26-21-14-13-20-25(26)29-28(30)27(23-16-9-7-10-17-23)31-24-18-11-8-12-19-24/h7-14,16-21,27H,2-6,15,22H2,1H3. The first-order valence-corrected chi connectivity index (χ1v) is 12.5. The Morgan fingerprint density at radius 3 is 2.16 bits per heavy atom. The van der Waals surface area contributed by atoms with Crippen molar-refractivity contribution in [3.8, 4) is 0 Å². The number of thioether (sulfide) groups is 1. The number of rotatable bonds is 11. The van der Waals surface area contributed by atoms with Crippen LogP contribution in [0.5, 0.6) is 0 Å². The molecule has 3 heteroatoms. The van der Waals surface area contributed by atoms with Crippen molar-refractivity contribution in [1.29, 1.82) is 0 Å². The minimum absolute atomic E-state index is 0.163. The van der Waals surface area contributed by atoms with E-state index in [4.69, 9.17) is 4.98 Å². The number of fused-ring (bicyclic) bond motifs is 1. The number of benzene rings is 3. The van der Waals surface area contributed by atoms with Gasteiger partial charge in [0.1, 0.15) is 5.82 Å². The fraction of sp³-hybridized carbons (Fsp3) is 0.321. The Balaban J connectivity index is 1.66. The Bertz CT molecular complexity index is 1060. The minimum Gasteiger partial charge on any atom is -0.327 e.